The Balaban J connectivity index is 2.63. The highest BCUT2D eigenvalue weighted by Gasteiger charge is 2.21. The van der Waals surface area contributed by atoms with Gasteiger partial charge in [0.05, 0.1) is 11.6 Å². The van der Waals surface area contributed by atoms with E-state index in [1.54, 1.807) is 31.2 Å². The van der Waals surface area contributed by atoms with Crippen LogP contribution >= 0.6 is 0 Å². The molecule has 1 rings (SSSR count). The third-order valence-electron chi connectivity index (χ3n) is 3.22. The summed E-state index contributed by atoms with van der Waals surface area (Å²) in [7, 11) is 0. The molecule has 0 radical (unpaired) electrons. The van der Waals surface area contributed by atoms with Crippen LogP contribution in [0, 0.1) is 17.2 Å². The fraction of sp³-hybridized carbons (Fsp3) is 0.500. The van der Waals surface area contributed by atoms with Crippen molar-refractivity contribution in [3.63, 3.8) is 0 Å². The van der Waals surface area contributed by atoms with E-state index in [0.29, 0.717) is 17.7 Å². The maximum atomic E-state index is 12.1. The first kappa shape index (κ1) is 17.0. The molecule has 2 atom stereocenters. The van der Waals surface area contributed by atoms with Gasteiger partial charge in [0.2, 0.25) is 0 Å². The van der Waals surface area contributed by atoms with Crippen molar-refractivity contribution < 1.29 is 14.6 Å². The molecule has 1 amide bonds. The van der Waals surface area contributed by atoms with Crippen LogP contribution < -0.4 is 10.1 Å². The Bertz CT molecular complexity index is 508. The summed E-state index contributed by atoms with van der Waals surface area (Å²) in [5, 5.41) is 20.7. The van der Waals surface area contributed by atoms with Crippen LogP contribution in [0.3, 0.4) is 0 Å². The Hall–Kier alpha value is -2.06. The molecule has 5 heteroatoms. The van der Waals surface area contributed by atoms with Gasteiger partial charge < -0.3 is 15.2 Å². The molecule has 0 spiro atoms. The number of carbonyl (C=O) groups is 1. The van der Waals surface area contributed by atoms with E-state index in [1.807, 2.05) is 19.9 Å². The van der Waals surface area contributed by atoms with Crippen molar-refractivity contribution >= 4 is 5.91 Å². The summed E-state index contributed by atoms with van der Waals surface area (Å²) in [6.45, 7) is 5.67. The van der Waals surface area contributed by atoms with Gasteiger partial charge in [-0.3, -0.25) is 4.79 Å². The van der Waals surface area contributed by atoms with Gasteiger partial charge in [-0.05, 0) is 37.5 Å². The van der Waals surface area contributed by atoms with Gasteiger partial charge >= 0.3 is 0 Å². The van der Waals surface area contributed by atoms with Crippen LogP contribution in [0.25, 0.3) is 0 Å². The van der Waals surface area contributed by atoms with E-state index in [9.17, 15) is 4.79 Å². The molecule has 0 heterocycles. The summed E-state index contributed by atoms with van der Waals surface area (Å²) in [5.74, 6) is 0.486. The van der Waals surface area contributed by atoms with Crippen LogP contribution in [0.5, 0.6) is 5.75 Å². The summed E-state index contributed by atoms with van der Waals surface area (Å²) >= 11 is 0. The zero-order valence-electron chi connectivity index (χ0n) is 12.7. The van der Waals surface area contributed by atoms with Crippen molar-refractivity contribution in [1.82, 2.24) is 5.32 Å². The van der Waals surface area contributed by atoms with Crippen LogP contribution in [0.2, 0.25) is 0 Å². The monoisotopic (exact) mass is 290 g/mol. The second-order valence-electron chi connectivity index (χ2n) is 5.27. The number of carbonyl (C=O) groups excluding carboxylic acids is 1. The topological polar surface area (TPSA) is 82.3 Å². The number of nitriles is 1. The number of nitrogens with zero attached hydrogens (tertiary/aromatic N) is 1. The van der Waals surface area contributed by atoms with Crippen molar-refractivity contribution in [2.75, 3.05) is 6.61 Å². The zero-order chi connectivity index (χ0) is 15.8. The third-order valence-corrected chi connectivity index (χ3v) is 3.22. The van der Waals surface area contributed by atoms with E-state index in [2.05, 4.69) is 5.32 Å². The fourth-order valence-corrected chi connectivity index (χ4v) is 1.91. The molecule has 2 unspecified atom stereocenters. The van der Waals surface area contributed by atoms with E-state index in [1.165, 1.54) is 0 Å². The Morgan fingerprint density at radius 1 is 1.43 bits per heavy atom. The smallest absolute Gasteiger partial charge is 0.261 e. The predicted octanol–water partition coefficient (Wildman–Crippen LogP) is 1.85. The summed E-state index contributed by atoms with van der Waals surface area (Å²) < 4.78 is 5.55. The number of benzene rings is 1. The van der Waals surface area contributed by atoms with Crippen LogP contribution in [-0.2, 0) is 4.79 Å². The molecule has 0 aliphatic rings. The molecule has 0 aromatic heterocycles. The Labute approximate surface area is 125 Å². The fourth-order valence-electron chi connectivity index (χ4n) is 1.91. The summed E-state index contributed by atoms with van der Waals surface area (Å²) in [5.41, 5.74) is 0.487. The van der Waals surface area contributed by atoms with Gasteiger partial charge in [-0.1, -0.05) is 19.9 Å². The van der Waals surface area contributed by atoms with Crippen molar-refractivity contribution in [2.45, 2.75) is 39.3 Å². The summed E-state index contributed by atoms with van der Waals surface area (Å²) in [6.07, 6.45) is -0.154. The van der Waals surface area contributed by atoms with Gasteiger partial charge in [0.1, 0.15) is 5.75 Å². The molecule has 21 heavy (non-hydrogen) atoms. The van der Waals surface area contributed by atoms with Gasteiger partial charge in [0.25, 0.3) is 5.91 Å². The van der Waals surface area contributed by atoms with Crippen LogP contribution in [-0.4, -0.2) is 29.8 Å². The summed E-state index contributed by atoms with van der Waals surface area (Å²) in [4.78, 5) is 12.1. The molecule has 1 aromatic carbocycles. The third kappa shape index (κ3) is 5.44. The average Bonchev–Trinajstić information content (AvgIpc) is 2.46. The molecular formula is C16H22N2O3. The minimum absolute atomic E-state index is 0.0303. The number of ether oxygens (including phenoxy) is 1. The predicted molar refractivity (Wildman–Crippen MR) is 79.7 cm³/mol. The first-order chi connectivity index (χ1) is 9.97. The van der Waals surface area contributed by atoms with Crippen LogP contribution in [0.1, 0.15) is 32.8 Å². The van der Waals surface area contributed by atoms with E-state index in [4.69, 9.17) is 15.1 Å². The SMILES string of the molecule is CC(Oc1cccc(C#N)c1)C(=O)NC(CCO)C(C)C. The van der Waals surface area contributed by atoms with Crippen molar-refractivity contribution in [1.29, 1.82) is 5.26 Å². The lowest BCUT2D eigenvalue weighted by molar-refractivity contribution is -0.128. The number of aliphatic hydroxyl groups is 1. The lowest BCUT2D eigenvalue weighted by atomic mass is 10.0. The normalized spacial score (nSPS) is 13.3. The average molecular weight is 290 g/mol. The molecule has 2 N–H and O–H groups in total. The molecule has 0 bridgehead atoms. The van der Waals surface area contributed by atoms with Crippen LogP contribution in [0.4, 0.5) is 0 Å². The maximum absolute atomic E-state index is 12.1. The second kappa shape index (κ2) is 8.28. The molecule has 0 aliphatic carbocycles. The number of hydrogen-bond donors (Lipinski definition) is 2. The second-order valence-corrected chi connectivity index (χ2v) is 5.27. The quantitative estimate of drug-likeness (QED) is 0.803. The molecule has 0 fully saturated rings. The number of amides is 1. The molecule has 5 nitrogen and oxygen atoms in total. The van der Waals surface area contributed by atoms with E-state index >= 15 is 0 Å². The largest absolute Gasteiger partial charge is 0.481 e. The molecule has 1 aromatic rings. The van der Waals surface area contributed by atoms with Gasteiger partial charge in [-0.25, -0.2) is 0 Å². The lowest BCUT2D eigenvalue weighted by Crippen LogP contribution is -2.45. The molecule has 114 valence electrons. The van der Waals surface area contributed by atoms with Crippen molar-refractivity contribution in [2.24, 2.45) is 5.92 Å². The highest BCUT2D eigenvalue weighted by Crippen LogP contribution is 2.15. The molecule has 0 saturated carbocycles. The zero-order valence-corrected chi connectivity index (χ0v) is 12.7. The number of nitrogens with one attached hydrogen (secondary N) is 1. The van der Waals surface area contributed by atoms with E-state index in [0.717, 1.165) is 0 Å². The lowest BCUT2D eigenvalue weighted by Gasteiger charge is -2.24. The summed E-state index contributed by atoms with van der Waals surface area (Å²) in [6, 6.07) is 8.63. The molecular weight excluding hydrogens is 268 g/mol. The van der Waals surface area contributed by atoms with Crippen LogP contribution in [0.15, 0.2) is 24.3 Å². The number of hydrogen-bond acceptors (Lipinski definition) is 4. The number of rotatable bonds is 7. The van der Waals surface area contributed by atoms with E-state index in [-0.39, 0.29) is 24.5 Å². The van der Waals surface area contributed by atoms with Gasteiger partial charge in [0.15, 0.2) is 6.10 Å². The van der Waals surface area contributed by atoms with Gasteiger partial charge in [0, 0.05) is 12.6 Å². The molecule has 0 saturated heterocycles. The van der Waals surface area contributed by atoms with Crippen molar-refractivity contribution in [3.8, 4) is 11.8 Å². The minimum atomic E-state index is -0.668. The number of aliphatic hydroxyl groups excluding tert-OH is 1. The molecule has 0 aliphatic heterocycles. The Morgan fingerprint density at radius 2 is 2.14 bits per heavy atom. The standard InChI is InChI=1S/C16H22N2O3/c1-11(2)15(7-8-19)18-16(20)12(3)21-14-6-4-5-13(9-14)10-17/h4-6,9,11-12,15,19H,7-8H2,1-3H3,(H,18,20). The Morgan fingerprint density at radius 3 is 2.71 bits per heavy atom. The van der Waals surface area contributed by atoms with E-state index < -0.39 is 6.10 Å². The highest BCUT2D eigenvalue weighted by atomic mass is 16.5. The van der Waals surface area contributed by atoms with Gasteiger partial charge in [-0.15, -0.1) is 0 Å². The van der Waals surface area contributed by atoms with Crippen molar-refractivity contribution in [3.05, 3.63) is 29.8 Å². The minimum Gasteiger partial charge on any atom is -0.481 e. The Kier molecular flexibility index (Phi) is 6.70. The first-order valence-corrected chi connectivity index (χ1v) is 7.06. The highest BCUT2D eigenvalue weighted by molar-refractivity contribution is 5.81. The first-order valence-electron chi connectivity index (χ1n) is 7.06. The van der Waals surface area contributed by atoms with Gasteiger partial charge in [-0.2, -0.15) is 5.26 Å². The maximum Gasteiger partial charge on any atom is 0.261 e.